The molecule has 0 N–H and O–H groups in total. The van der Waals surface area contributed by atoms with Crippen LogP contribution in [-0.2, 0) is 6.54 Å². The van der Waals surface area contributed by atoms with E-state index >= 15 is 0 Å². The number of carbonyl (C=O) groups excluding carboxylic acids is 1. The van der Waals surface area contributed by atoms with Crippen molar-refractivity contribution >= 4 is 17.5 Å². The summed E-state index contributed by atoms with van der Waals surface area (Å²) in [5, 5.41) is 0.598. The molecular formula is C20H24ClNO4. The lowest BCUT2D eigenvalue weighted by Gasteiger charge is -2.20. The minimum absolute atomic E-state index is 0.129. The van der Waals surface area contributed by atoms with Gasteiger partial charge in [-0.25, -0.2) is 0 Å². The fraction of sp³-hybridized carbons (Fsp3) is 0.350. The minimum atomic E-state index is -0.129. The maximum atomic E-state index is 12.8. The van der Waals surface area contributed by atoms with Gasteiger partial charge in [0.05, 0.1) is 20.3 Å². The van der Waals surface area contributed by atoms with Crippen molar-refractivity contribution in [3.05, 3.63) is 52.5 Å². The lowest BCUT2D eigenvalue weighted by Crippen LogP contribution is -2.26. The van der Waals surface area contributed by atoms with Gasteiger partial charge >= 0.3 is 0 Å². The van der Waals surface area contributed by atoms with E-state index in [9.17, 15) is 4.79 Å². The predicted octanol–water partition coefficient (Wildman–Crippen LogP) is 4.42. The molecule has 0 aliphatic heterocycles. The second kappa shape index (κ2) is 9.34. The monoisotopic (exact) mass is 377 g/mol. The van der Waals surface area contributed by atoms with E-state index in [1.165, 1.54) is 0 Å². The van der Waals surface area contributed by atoms with Crippen molar-refractivity contribution in [2.45, 2.75) is 20.4 Å². The van der Waals surface area contributed by atoms with Crippen molar-refractivity contribution in [1.82, 2.24) is 4.90 Å². The van der Waals surface area contributed by atoms with Crippen LogP contribution in [0.5, 0.6) is 17.2 Å². The summed E-state index contributed by atoms with van der Waals surface area (Å²) in [5.74, 6) is 1.76. The van der Waals surface area contributed by atoms with Crippen LogP contribution in [0.15, 0.2) is 36.4 Å². The molecule has 0 saturated carbocycles. The van der Waals surface area contributed by atoms with Crippen LogP contribution in [0.3, 0.4) is 0 Å². The Labute approximate surface area is 159 Å². The summed E-state index contributed by atoms with van der Waals surface area (Å²) in [6.45, 7) is 5.19. The lowest BCUT2D eigenvalue weighted by atomic mass is 10.1. The molecule has 0 unspecified atom stereocenters. The summed E-state index contributed by atoms with van der Waals surface area (Å²) >= 11 is 6.07. The van der Waals surface area contributed by atoms with Gasteiger partial charge in [0.25, 0.3) is 5.91 Å². The van der Waals surface area contributed by atoms with Crippen LogP contribution in [-0.4, -0.2) is 38.2 Å². The highest BCUT2D eigenvalue weighted by Crippen LogP contribution is 2.29. The van der Waals surface area contributed by atoms with E-state index < -0.39 is 0 Å². The van der Waals surface area contributed by atoms with Crippen LogP contribution in [0.25, 0.3) is 0 Å². The summed E-state index contributed by atoms with van der Waals surface area (Å²) in [7, 11) is 3.33. The molecule has 0 atom stereocenters. The number of hydrogen-bond donors (Lipinski definition) is 0. The van der Waals surface area contributed by atoms with Crippen molar-refractivity contribution in [2.75, 3.05) is 27.4 Å². The zero-order valence-electron chi connectivity index (χ0n) is 15.5. The molecule has 0 aliphatic carbocycles. The van der Waals surface area contributed by atoms with Crippen molar-refractivity contribution in [3.8, 4) is 17.2 Å². The van der Waals surface area contributed by atoms with Gasteiger partial charge in [-0.2, -0.15) is 0 Å². The molecule has 26 heavy (non-hydrogen) atoms. The molecule has 2 rings (SSSR count). The van der Waals surface area contributed by atoms with Crippen LogP contribution in [0.2, 0.25) is 5.02 Å². The van der Waals surface area contributed by atoms with Crippen LogP contribution in [0, 0.1) is 0 Å². The number of rotatable bonds is 8. The summed E-state index contributed by atoms with van der Waals surface area (Å²) in [6, 6.07) is 10.6. The van der Waals surface area contributed by atoms with E-state index in [1.807, 2.05) is 13.8 Å². The summed E-state index contributed by atoms with van der Waals surface area (Å²) < 4.78 is 16.5. The third-order valence-corrected chi connectivity index (χ3v) is 4.02. The minimum Gasteiger partial charge on any atom is -0.496 e. The molecule has 0 spiro atoms. The standard InChI is InChI=1S/C20H24ClNO4/c1-5-25-18-9-7-14(12-19(18)26-6-2)20(23)22(3)13-15-11-16(21)8-10-17(15)24-4/h7-12H,5-6,13H2,1-4H3. The predicted molar refractivity (Wildman–Crippen MR) is 103 cm³/mol. The smallest absolute Gasteiger partial charge is 0.254 e. The van der Waals surface area contributed by atoms with Gasteiger partial charge in [-0.1, -0.05) is 11.6 Å². The molecule has 6 heteroatoms. The Hall–Kier alpha value is -2.40. The first-order chi connectivity index (χ1) is 12.5. The average Bonchev–Trinajstić information content (AvgIpc) is 2.63. The van der Waals surface area contributed by atoms with Crippen molar-refractivity contribution in [1.29, 1.82) is 0 Å². The van der Waals surface area contributed by atoms with E-state index in [1.54, 1.807) is 55.5 Å². The SMILES string of the molecule is CCOc1ccc(C(=O)N(C)Cc2cc(Cl)ccc2OC)cc1OCC. The molecule has 5 nitrogen and oxygen atoms in total. The first kappa shape index (κ1) is 19.9. The third-order valence-electron chi connectivity index (χ3n) is 3.79. The van der Waals surface area contributed by atoms with E-state index in [0.29, 0.717) is 47.6 Å². The van der Waals surface area contributed by atoms with Crippen molar-refractivity contribution in [3.63, 3.8) is 0 Å². The second-order valence-electron chi connectivity index (χ2n) is 5.64. The fourth-order valence-electron chi connectivity index (χ4n) is 2.60. The van der Waals surface area contributed by atoms with Gasteiger partial charge in [0, 0.05) is 29.7 Å². The Bertz CT molecular complexity index is 763. The molecule has 0 aromatic heterocycles. The average molecular weight is 378 g/mol. The number of benzene rings is 2. The molecule has 0 saturated heterocycles. The fourth-order valence-corrected chi connectivity index (χ4v) is 2.80. The van der Waals surface area contributed by atoms with Crippen molar-refractivity contribution < 1.29 is 19.0 Å². The molecule has 0 heterocycles. The Morgan fingerprint density at radius 2 is 1.65 bits per heavy atom. The molecule has 2 aromatic rings. The van der Waals surface area contributed by atoms with Gasteiger partial charge in [0.2, 0.25) is 0 Å². The maximum absolute atomic E-state index is 12.8. The number of halogens is 1. The third kappa shape index (κ3) is 4.82. The number of nitrogens with zero attached hydrogens (tertiary/aromatic N) is 1. The first-order valence-corrected chi connectivity index (χ1v) is 8.85. The topological polar surface area (TPSA) is 48.0 Å². The summed E-state index contributed by atoms with van der Waals surface area (Å²) in [6.07, 6.45) is 0. The van der Waals surface area contributed by atoms with E-state index in [2.05, 4.69) is 0 Å². The van der Waals surface area contributed by atoms with Gasteiger partial charge in [0.15, 0.2) is 11.5 Å². The van der Waals surface area contributed by atoms with Gasteiger partial charge in [0.1, 0.15) is 5.75 Å². The van der Waals surface area contributed by atoms with Crippen LogP contribution in [0.4, 0.5) is 0 Å². The molecule has 0 fully saturated rings. The van der Waals surface area contributed by atoms with E-state index in [4.69, 9.17) is 25.8 Å². The molecular weight excluding hydrogens is 354 g/mol. The van der Waals surface area contributed by atoms with Crippen LogP contribution >= 0.6 is 11.6 Å². The quantitative estimate of drug-likeness (QED) is 0.683. The number of amides is 1. The van der Waals surface area contributed by atoms with Gasteiger partial charge in [-0.15, -0.1) is 0 Å². The van der Waals surface area contributed by atoms with Crippen LogP contribution in [0.1, 0.15) is 29.8 Å². The normalized spacial score (nSPS) is 10.3. The molecule has 0 radical (unpaired) electrons. The Morgan fingerprint density at radius 3 is 2.31 bits per heavy atom. The number of methoxy groups -OCH3 is 1. The largest absolute Gasteiger partial charge is 0.496 e. The maximum Gasteiger partial charge on any atom is 0.254 e. The molecule has 2 aromatic carbocycles. The number of carbonyl (C=O) groups is 1. The van der Waals surface area contributed by atoms with E-state index in [-0.39, 0.29) is 5.91 Å². The Kier molecular flexibility index (Phi) is 7.16. The zero-order valence-corrected chi connectivity index (χ0v) is 16.3. The molecule has 140 valence electrons. The second-order valence-corrected chi connectivity index (χ2v) is 6.08. The Balaban J connectivity index is 2.22. The highest BCUT2D eigenvalue weighted by atomic mass is 35.5. The first-order valence-electron chi connectivity index (χ1n) is 8.47. The van der Waals surface area contributed by atoms with Crippen molar-refractivity contribution in [2.24, 2.45) is 0 Å². The summed E-state index contributed by atoms with van der Waals surface area (Å²) in [4.78, 5) is 14.4. The van der Waals surface area contributed by atoms with Gasteiger partial charge in [-0.3, -0.25) is 4.79 Å². The number of ether oxygens (including phenoxy) is 3. The highest BCUT2D eigenvalue weighted by Gasteiger charge is 2.17. The van der Waals surface area contributed by atoms with E-state index in [0.717, 1.165) is 5.56 Å². The molecule has 1 amide bonds. The lowest BCUT2D eigenvalue weighted by molar-refractivity contribution is 0.0783. The van der Waals surface area contributed by atoms with Crippen LogP contribution < -0.4 is 14.2 Å². The Morgan fingerprint density at radius 1 is 1.00 bits per heavy atom. The number of hydrogen-bond acceptors (Lipinski definition) is 4. The summed E-state index contributed by atoms with van der Waals surface area (Å²) in [5.41, 5.74) is 1.37. The molecule has 0 bridgehead atoms. The molecule has 0 aliphatic rings. The van der Waals surface area contributed by atoms with Gasteiger partial charge in [-0.05, 0) is 50.2 Å². The zero-order chi connectivity index (χ0) is 19.1. The van der Waals surface area contributed by atoms with Gasteiger partial charge < -0.3 is 19.1 Å². The highest BCUT2D eigenvalue weighted by molar-refractivity contribution is 6.30.